The number of carboxylic acids is 1. The minimum Gasteiger partial charge on any atom is -0.481 e. The van der Waals surface area contributed by atoms with E-state index in [1.54, 1.807) is 6.08 Å². The Bertz CT molecular complexity index is 769. The van der Waals surface area contributed by atoms with E-state index in [9.17, 15) is 24.6 Å². The summed E-state index contributed by atoms with van der Waals surface area (Å²) >= 11 is 0. The number of fused-ring (bicyclic) bond motifs is 5. The summed E-state index contributed by atoms with van der Waals surface area (Å²) in [5.74, 6) is -0.186. The fraction of sp³-hybridized carbons (Fsp3) is 0.783. The minimum absolute atomic E-state index is 0.0355. The van der Waals surface area contributed by atoms with Crippen LogP contribution in [0, 0.1) is 34.5 Å². The zero-order chi connectivity index (χ0) is 20.5. The molecule has 5 nitrogen and oxygen atoms in total. The first-order chi connectivity index (χ1) is 13.0. The molecule has 0 amide bonds. The third kappa shape index (κ3) is 2.51. The molecule has 3 fully saturated rings. The lowest BCUT2D eigenvalue weighted by atomic mass is 9.43. The van der Waals surface area contributed by atoms with Crippen LogP contribution in [0.5, 0.6) is 0 Å². The maximum atomic E-state index is 12.4. The van der Waals surface area contributed by atoms with E-state index in [2.05, 4.69) is 13.8 Å². The normalized spacial score (nSPS) is 47.6. The smallest absolute Gasteiger partial charge is 0.303 e. The van der Waals surface area contributed by atoms with Gasteiger partial charge in [-0.05, 0) is 80.6 Å². The van der Waals surface area contributed by atoms with Gasteiger partial charge < -0.3 is 10.2 Å². The Hall–Kier alpha value is -1.49. The predicted molar refractivity (Wildman–Crippen MR) is 103 cm³/mol. The maximum absolute atomic E-state index is 12.4. The van der Waals surface area contributed by atoms with E-state index in [0.717, 1.165) is 31.3 Å². The Morgan fingerprint density at radius 1 is 1.14 bits per heavy atom. The van der Waals surface area contributed by atoms with Crippen LogP contribution in [-0.2, 0) is 14.4 Å². The molecule has 154 valence electrons. The van der Waals surface area contributed by atoms with Gasteiger partial charge in [-0.25, -0.2) is 0 Å². The molecule has 0 heterocycles. The van der Waals surface area contributed by atoms with Crippen LogP contribution in [0.1, 0.15) is 72.1 Å². The van der Waals surface area contributed by atoms with Crippen molar-refractivity contribution in [3.63, 3.8) is 0 Å². The van der Waals surface area contributed by atoms with Gasteiger partial charge in [-0.1, -0.05) is 19.4 Å². The first kappa shape index (κ1) is 19.8. The Kier molecular flexibility index (Phi) is 4.42. The highest BCUT2D eigenvalue weighted by Gasteiger charge is 2.67. The number of carboxylic acid groups (broad SMARTS) is 1. The molecule has 7 atom stereocenters. The van der Waals surface area contributed by atoms with Crippen molar-refractivity contribution in [2.24, 2.45) is 34.5 Å². The van der Waals surface area contributed by atoms with E-state index in [-0.39, 0.29) is 41.2 Å². The van der Waals surface area contributed by atoms with Crippen molar-refractivity contribution in [2.45, 2.75) is 77.7 Å². The van der Waals surface area contributed by atoms with Crippen LogP contribution < -0.4 is 0 Å². The molecular weight excluding hydrogens is 356 g/mol. The van der Waals surface area contributed by atoms with Crippen molar-refractivity contribution in [3.05, 3.63) is 11.6 Å². The average molecular weight is 389 g/mol. The van der Waals surface area contributed by atoms with Crippen molar-refractivity contribution >= 4 is 17.5 Å². The van der Waals surface area contributed by atoms with E-state index >= 15 is 0 Å². The molecule has 0 aromatic rings. The molecule has 5 heteroatoms. The monoisotopic (exact) mass is 388 g/mol. The second kappa shape index (κ2) is 6.25. The summed E-state index contributed by atoms with van der Waals surface area (Å²) in [4.78, 5) is 36.1. The zero-order valence-electron chi connectivity index (χ0n) is 17.2. The first-order valence-electron chi connectivity index (χ1n) is 10.7. The maximum Gasteiger partial charge on any atom is 0.303 e. The molecule has 28 heavy (non-hydrogen) atoms. The SMILES string of the molecule is CC(=O)[C@@]1(O)CC[C@H]2[C@@H]3[C@@H](CC(=O)O)CC4=CC(=O)CC[C@]4(C)[C@H]3CC[C@@]21C. The van der Waals surface area contributed by atoms with Crippen molar-refractivity contribution in [3.8, 4) is 0 Å². The van der Waals surface area contributed by atoms with Gasteiger partial charge in [0, 0.05) is 18.3 Å². The second-order valence-corrected chi connectivity index (χ2v) is 10.3. The van der Waals surface area contributed by atoms with Crippen LogP contribution in [0.25, 0.3) is 0 Å². The van der Waals surface area contributed by atoms with Gasteiger partial charge in [0.15, 0.2) is 11.6 Å². The molecule has 4 aliphatic carbocycles. The highest BCUT2D eigenvalue weighted by atomic mass is 16.4. The fourth-order valence-electron chi connectivity index (χ4n) is 7.73. The fourth-order valence-corrected chi connectivity index (χ4v) is 7.73. The first-order valence-corrected chi connectivity index (χ1v) is 10.7. The summed E-state index contributed by atoms with van der Waals surface area (Å²) in [6, 6.07) is 0. The quantitative estimate of drug-likeness (QED) is 0.771. The molecule has 0 unspecified atom stereocenters. The van der Waals surface area contributed by atoms with Crippen LogP contribution in [0.2, 0.25) is 0 Å². The summed E-state index contributed by atoms with van der Waals surface area (Å²) < 4.78 is 0. The third-order valence-electron chi connectivity index (χ3n) is 9.31. The van der Waals surface area contributed by atoms with Gasteiger partial charge in [-0.3, -0.25) is 14.4 Å². The van der Waals surface area contributed by atoms with Gasteiger partial charge in [0.1, 0.15) is 5.60 Å². The number of aliphatic hydroxyl groups is 1. The Morgan fingerprint density at radius 3 is 2.46 bits per heavy atom. The molecule has 0 radical (unpaired) electrons. The summed E-state index contributed by atoms with van der Waals surface area (Å²) in [5.41, 5.74) is -0.708. The Morgan fingerprint density at radius 2 is 1.82 bits per heavy atom. The molecule has 0 spiro atoms. The third-order valence-corrected chi connectivity index (χ3v) is 9.31. The summed E-state index contributed by atoms with van der Waals surface area (Å²) in [5, 5.41) is 20.9. The number of hydrogen-bond donors (Lipinski definition) is 2. The van der Waals surface area contributed by atoms with Gasteiger partial charge in [-0.15, -0.1) is 0 Å². The lowest BCUT2D eigenvalue weighted by Gasteiger charge is -2.61. The summed E-state index contributed by atoms with van der Waals surface area (Å²) in [7, 11) is 0. The van der Waals surface area contributed by atoms with Crippen molar-refractivity contribution in [1.29, 1.82) is 0 Å². The highest BCUT2D eigenvalue weighted by molar-refractivity contribution is 5.91. The van der Waals surface area contributed by atoms with Gasteiger partial charge in [-0.2, -0.15) is 0 Å². The molecule has 0 bridgehead atoms. The predicted octanol–water partition coefficient (Wildman–Crippen LogP) is 3.54. The molecule has 0 aromatic carbocycles. The van der Waals surface area contributed by atoms with E-state index < -0.39 is 17.0 Å². The van der Waals surface area contributed by atoms with Crippen LogP contribution in [0.3, 0.4) is 0 Å². The number of Topliss-reactive ketones (excluding diaryl/α,β-unsaturated/α-hetero) is 1. The number of hydrogen-bond acceptors (Lipinski definition) is 4. The van der Waals surface area contributed by atoms with Gasteiger partial charge in [0.25, 0.3) is 0 Å². The van der Waals surface area contributed by atoms with E-state index in [4.69, 9.17) is 0 Å². The van der Waals surface area contributed by atoms with E-state index in [1.807, 2.05) is 0 Å². The van der Waals surface area contributed by atoms with Crippen LogP contribution in [0.15, 0.2) is 11.6 Å². The van der Waals surface area contributed by atoms with Crippen LogP contribution >= 0.6 is 0 Å². The number of carbonyl (C=O) groups excluding carboxylic acids is 2. The highest BCUT2D eigenvalue weighted by Crippen LogP contribution is 2.69. The van der Waals surface area contributed by atoms with Crippen molar-refractivity contribution < 1.29 is 24.6 Å². The molecule has 4 rings (SSSR count). The molecule has 4 aliphatic rings. The van der Waals surface area contributed by atoms with Crippen LogP contribution in [-0.4, -0.2) is 33.3 Å². The molecular formula is C23H32O5. The largest absolute Gasteiger partial charge is 0.481 e. The van der Waals surface area contributed by atoms with Crippen molar-refractivity contribution in [2.75, 3.05) is 0 Å². The van der Waals surface area contributed by atoms with E-state index in [1.165, 1.54) is 6.92 Å². The van der Waals surface area contributed by atoms with Crippen molar-refractivity contribution in [1.82, 2.24) is 0 Å². The number of aliphatic carboxylic acids is 1. The van der Waals surface area contributed by atoms with Gasteiger partial charge in [0.2, 0.25) is 0 Å². The number of rotatable bonds is 3. The molecule has 3 saturated carbocycles. The topological polar surface area (TPSA) is 91.7 Å². The van der Waals surface area contributed by atoms with Gasteiger partial charge in [0.05, 0.1) is 0 Å². The summed E-state index contributed by atoms with van der Waals surface area (Å²) in [6.45, 7) is 5.80. The van der Waals surface area contributed by atoms with Gasteiger partial charge >= 0.3 is 5.97 Å². The average Bonchev–Trinajstić information content (AvgIpc) is 2.89. The molecule has 2 N–H and O–H groups in total. The minimum atomic E-state index is -1.30. The molecule has 0 saturated heterocycles. The Balaban J connectivity index is 1.78. The lowest BCUT2D eigenvalue weighted by Crippen LogP contribution is -2.58. The zero-order valence-corrected chi connectivity index (χ0v) is 17.2. The molecule has 0 aromatic heterocycles. The van der Waals surface area contributed by atoms with E-state index in [0.29, 0.717) is 25.2 Å². The number of carbonyl (C=O) groups is 3. The number of allylic oxidation sites excluding steroid dienone is 1. The number of ketones is 2. The standard InChI is InChI=1S/C23H32O5/c1-13(24)23(28)9-6-18-20-14(11-19(26)27)10-15-12-16(25)4-7-21(15,2)17(20)5-8-22(18,23)3/h12,14,17-18,20,28H,4-11H2,1-3H3,(H,26,27)/t14-,17+,18+,20-,21+,22+,23+/m1/s1. The molecule has 0 aliphatic heterocycles. The lowest BCUT2D eigenvalue weighted by molar-refractivity contribution is -0.165. The van der Waals surface area contributed by atoms with Crippen LogP contribution in [0.4, 0.5) is 0 Å². The second-order valence-electron chi connectivity index (χ2n) is 10.3. The summed E-state index contributed by atoms with van der Waals surface area (Å²) in [6.07, 6.45) is 6.85. The Labute approximate surface area is 166 Å².